The number of aliphatic carboxylic acids is 1. The lowest BCUT2D eigenvalue weighted by Crippen LogP contribution is -2.44. The summed E-state index contributed by atoms with van der Waals surface area (Å²) in [4.78, 5) is 22.8. The molecule has 0 spiro atoms. The predicted octanol–water partition coefficient (Wildman–Crippen LogP) is 1.54. The highest BCUT2D eigenvalue weighted by Crippen LogP contribution is 2.18. The van der Waals surface area contributed by atoms with Gasteiger partial charge in [-0.25, -0.2) is 4.79 Å². The van der Waals surface area contributed by atoms with Gasteiger partial charge < -0.3 is 15.5 Å². The van der Waals surface area contributed by atoms with Crippen molar-refractivity contribution in [3.05, 3.63) is 29.3 Å². The zero-order valence-electron chi connectivity index (χ0n) is 10.6. The largest absolute Gasteiger partial charge is 0.507 e. The van der Waals surface area contributed by atoms with Crippen LogP contribution >= 0.6 is 0 Å². The van der Waals surface area contributed by atoms with Gasteiger partial charge in [0.15, 0.2) is 0 Å². The molecule has 98 valence electrons. The van der Waals surface area contributed by atoms with E-state index in [2.05, 4.69) is 5.32 Å². The Balaban J connectivity index is 2.91. The molecule has 1 atom stereocenters. The van der Waals surface area contributed by atoms with Gasteiger partial charge in [0.2, 0.25) is 0 Å². The molecule has 0 aromatic heterocycles. The molecule has 1 aromatic rings. The van der Waals surface area contributed by atoms with Crippen molar-refractivity contribution in [2.75, 3.05) is 0 Å². The number of carbonyl (C=O) groups excluding carboxylic acids is 1. The van der Waals surface area contributed by atoms with E-state index in [0.29, 0.717) is 0 Å². The van der Waals surface area contributed by atoms with Crippen molar-refractivity contribution in [2.45, 2.75) is 26.8 Å². The number of aromatic hydroxyl groups is 1. The summed E-state index contributed by atoms with van der Waals surface area (Å²) >= 11 is 0. The predicted molar refractivity (Wildman–Crippen MR) is 66.6 cm³/mol. The number of rotatable bonds is 4. The minimum atomic E-state index is -1.09. The lowest BCUT2D eigenvalue weighted by atomic mass is 10.0. The van der Waals surface area contributed by atoms with Crippen molar-refractivity contribution < 1.29 is 19.8 Å². The van der Waals surface area contributed by atoms with E-state index in [9.17, 15) is 14.7 Å². The highest BCUT2D eigenvalue weighted by atomic mass is 16.4. The minimum absolute atomic E-state index is 0.0764. The summed E-state index contributed by atoms with van der Waals surface area (Å²) in [6.07, 6.45) is 0. The number of phenolic OH excluding ortho intramolecular Hbond substituents is 1. The van der Waals surface area contributed by atoms with Crippen LogP contribution in [0.5, 0.6) is 5.75 Å². The van der Waals surface area contributed by atoms with Gasteiger partial charge in [0.1, 0.15) is 11.8 Å². The van der Waals surface area contributed by atoms with Crippen LogP contribution in [0, 0.1) is 12.8 Å². The summed E-state index contributed by atoms with van der Waals surface area (Å²) in [5, 5.41) is 21.0. The van der Waals surface area contributed by atoms with Crippen molar-refractivity contribution in [3.8, 4) is 5.75 Å². The fraction of sp³-hybridized carbons (Fsp3) is 0.385. The summed E-state index contributed by atoms with van der Waals surface area (Å²) in [5.74, 6) is -2.07. The van der Waals surface area contributed by atoms with Gasteiger partial charge in [-0.2, -0.15) is 0 Å². The van der Waals surface area contributed by atoms with Crippen molar-refractivity contribution in [1.82, 2.24) is 5.32 Å². The van der Waals surface area contributed by atoms with E-state index in [0.717, 1.165) is 5.56 Å². The fourth-order valence-electron chi connectivity index (χ4n) is 1.57. The van der Waals surface area contributed by atoms with Crippen LogP contribution in [0.2, 0.25) is 0 Å². The molecular weight excluding hydrogens is 234 g/mol. The quantitative estimate of drug-likeness (QED) is 0.757. The first kappa shape index (κ1) is 14.0. The molecule has 5 heteroatoms. The SMILES string of the molecule is Cc1ccc(C(=O)N[C@H](C(=O)O)C(C)C)c(O)c1. The molecule has 0 radical (unpaired) electrons. The molecule has 1 aromatic carbocycles. The first-order valence-electron chi connectivity index (χ1n) is 5.66. The van der Waals surface area contributed by atoms with E-state index < -0.39 is 17.9 Å². The second-order valence-corrected chi connectivity index (χ2v) is 4.55. The molecule has 1 amide bonds. The third kappa shape index (κ3) is 3.23. The van der Waals surface area contributed by atoms with E-state index in [1.54, 1.807) is 26.8 Å². The maximum atomic E-state index is 11.9. The molecule has 0 saturated heterocycles. The Morgan fingerprint density at radius 1 is 1.28 bits per heavy atom. The van der Waals surface area contributed by atoms with Crippen molar-refractivity contribution in [3.63, 3.8) is 0 Å². The highest BCUT2D eigenvalue weighted by Gasteiger charge is 2.24. The third-order valence-corrected chi connectivity index (χ3v) is 2.62. The molecule has 5 nitrogen and oxygen atoms in total. The second kappa shape index (κ2) is 5.53. The molecule has 0 fully saturated rings. The van der Waals surface area contributed by atoms with Crippen molar-refractivity contribution in [1.29, 1.82) is 0 Å². The van der Waals surface area contributed by atoms with Crippen molar-refractivity contribution in [2.24, 2.45) is 5.92 Å². The number of aryl methyl sites for hydroxylation is 1. The molecule has 3 N–H and O–H groups in total. The maximum Gasteiger partial charge on any atom is 0.326 e. The molecule has 0 aliphatic heterocycles. The van der Waals surface area contributed by atoms with Crippen molar-refractivity contribution >= 4 is 11.9 Å². The minimum Gasteiger partial charge on any atom is -0.507 e. The van der Waals surface area contributed by atoms with Crippen LogP contribution in [-0.4, -0.2) is 28.1 Å². The lowest BCUT2D eigenvalue weighted by molar-refractivity contribution is -0.140. The Labute approximate surface area is 105 Å². The first-order valence-corrected chi connectivity index (χ1v) is 5.66. The smallest absolute Gasteiger partial charge is 0.326 e. The molecule has 0 unspecified atom stereocenters. The number of benzene rings is 1. The van der Waals surface area contributed by atoms with Crippen LogP contribution in [0.3, 0.4) is 0 Å². The second-order valence-electron chi connectivity index (χ2n) is 4.55. The van der Waals surface area contributed by atoms with Gasteiger partial charge in [0, 0.05) is 0 Å². The standard InChI is InChI=1S/C13H17NO4/c1-7(2)11(13(17)18)14-12(16)9-5-4-8(3)6-10(9)15/h4-7,11,15H,1-3H3,(H,14,16)(H,17,18)/t11-/m0/s1. The third-order valence-electron chi connectivity index (χ3n) is 2.62. The van der Waals surface area contributed by atoms with E-state index >= 15 is 0 Å². The normalized spacial score (nSPS) is 12.2. The average molecular weight is 251 g/mol. The summed E-state index contributed by atoms with van der Waals surface area (Å²) in [7, 11) is 0. The molecule has 0 aliphatic rings. The van der Waals surface area contributed by atoms with Crippen LogP contribution in [0.25, 0.3) is 0 Å². The van der Waals surface area contributed by atoms with E-state index in [1.807, 2.05) is 0 Å². The Morgan fingerprint density at radius 2 is 1.89 bits per heavy atom. The topological polar surface area (TPSA) is 86.6 Å². The summed E-state index contributed by atoms with van der Waals surface area (Å²) < 4.78 is 0. The molecule has 0 bridgehead atoms. The van der Waals surface area contributed by atoms with Crippen LogP contribution in [0.15, 0.2) is 18.2 Å². The molecule has 18 heavy (non-hydrogen) atoms. The van der Waals surface area contributed by atoms with Crippen LogP contribution < -0.4 is 5.32 Å². The number of carboxylic acid groups (broad SMARTS) is 1. The van der Waals surface area contributed by atoms with E-state index in [1.165, 1.54) is 12.1 Å². The number of phenols is 1. The summed E-state index contributed by atoms with van der Waals surface area (Å²) in [5.41, 5.74) is 0.898. The number of carbonyl (C=O) groups is 2. The van der Waals surface area contributed by atoms with Crippen LogP contribution in [0.1, 0.15) is 29.8 Å². The molecular formula is C13H17NO4. The van der Waals surface area contributed by atoms with Gasteiger partial charge in [-0.1, -0.05) is 19.9 Å². The monoisotopic (exact) mass is 251 g/mol. The number of amides is 1. The Hall–Kier alpha value is -2.04. The molecule has 1 rings (SSSR count). The lowest BCUT2D eigenvalue weighted by Gasteiger charge is -2.18. The Kier molecular flexibility index (Phi) is 4.31. The molecule has 0 saturated carbocycles. The van der Waals surface area contributed by atoms with Gasteiger partial charge in [-0.3, -0.25) is 4.79 Å². The van der Waals surface area contributed by atoms with E-state index in [-0.39, 0.29) is 17.2 Å². The summed E-state index contributed by atoms with van der Waals surface area (Å²) in [6.45, 7) is 5.19. The number of carboxylic acids is 1. The van der Waals surface area contributed by atoms with Crippen LogP contribution in [0.4, 0.5) is 0 Å². The average Bonchev–Trinajstić information content (AvgIpc) is 2.24. The summed E-state index contributed by atoms with van der Waals surface area (Å²) in [6, 6.07) is 3.64. The molecule has 0 aliphatic carbocycles. The Morgan fingerprint density at radius 3 is 2.33 bits per heavy atom. The number of nitrogens with one attached hydrogen (secondary N) is 1. The zero-order valence-corrected chi connectivity index (χ0v) is 10.6. The first-order chi connectivity index (χ1) is 8.32. The zero-order chi connectivity index (χ0) is 13.9. The fourth-order valence-corrected chi connectivity index (χ4v) is 1.57. The van der Waals surface area contributed by atoms with Crippen LogP contribution in [-0.2, 0) is 4.79 Å². The highest BCUT2D eigenvalue weighted by molar-refractivity contribution is 5.98. The van der Waals surface area contributed by atoms with Gasteiger partial charge >= 0.3 is 5.97 Å². The van der Waals surface area contributed by atoms with Gasteiger partial charge in [-0.05, 0) is 30.5 Å². The van der Waals surface area contributed by atoms with Gasteiger partial charge in [0.05, 0.1) is 5.56 Å². The maximum absolute atomic E-state index is 11.9. The number of hydrogen-bond donors (Lipinski definition) is 3. The van der Waals surface area contributed by atoms with Gasteiger partial charge in [0.25, 0.3) is 5.91 Å². The Bertz CT molecular complexity index is 468. The molecule has 0 heterocycles. The van der Waals surface area contributed by atoms with E-state index in [4.69, 9.17) is 5.11 Å². The number of hydrogen-bond acceptors (Lipinski definition) is 3. The van der Waals surface area contributed by atoms with Gasteiger partial charge in [-0.15, -0.1) is 0 Å².